The zero-order valence-electron chi connectivity index (χ0n) is 12.3. The molecule has 1 saturated carbocycles. The van der Waals surface area contributed by atoms with Gasteiger partial charge in [-0.3, -0.25) is 4.90 Å². The first kappa shape index (κ1) is 14.7. The lowest BCUT2D eigenvalue weighted by atomic mass is 10.1. The van der Waals surface area contributed by atoms with E-state index in [1.54, 1.807) is 12.1 Å². The number of nitrogens with one attached hydrogen (secondary N) is 1. The summed E-state index contributed by atoms with van der Waals surface area (Å²) in [6.45, 7) is 2.98. The number of hydrogen-bond acceptors (Lipinski definition) is 5. The third-order valence-electron chi connectivity index (χ3n) is 3.92. The smallest absolute Gasteiger partial charge is 0.340 e. The summed E-state index contributed by atoms with van der Waals surface area (Å²) in [7, 11) is 3.51. The van der Waals surface area contributed by atoms with Crippen LogP contribution in [0.1, 0.15) is 30.1 Å². The Morgan fingerprint density at radius 3 is 2.85 bits per heavy atom. The van der Waals surface area contributed by atoms with E-state index in [2.05, 4.69) is 24.2 Å². The Kier molecular flexibility index (Phi) is 4.49. The molecule has 3 N–H and O–H groups in total. The largest absolute Gasteiger partial charge is 0.465 e. The van der Waals surface area contributed by atoms with Crippen LogP contribution in [0.3, 0.4) is 0 Å². The molecule has 1 fully saturated rings. The summed E-state index contributed by atoms with van der Waals surface area (Å²) in [6, 6.07) is 6.51. The van der Waals surface area contributed by atoms with E-state index in [0.717, 1.165) is 18.3 Å². The number of benzene rings is 1. The topological polar surface area (TPSA) is 67.6 Å². The molecule has 0 aromatic heterocycles. The molecule has 1 aromatic rings. The molecule has 0 heterocycles. The number of ether oxygens (including phenoxy) is 1. The van der Waals surface area contributed by atoms with Crippen molar-refractivity contribution < 1.29 is 9.53 Å². The highest BCUT2D eigenvalue weighted by Gasteiger charge is 2.28. The molecule has 1 unspecified atom stereocenters. The molecular weight excluding hydrogens is 254 g/mol. The van der Waals surface area contributed by atoms with Crippen molar-refractivity contribution >= 4 is 17.3 Å². The zero-order chi connectivity index (χ0) is 14.7. The number of nitrogens with zero attached hydrogens (tertiary/aromatic N) is 1. The van der Waals surface area contributed by atoms with Gasteiger partial charge in [0.15, 0.2) is 0 Å². The molecule has 5 nitrogen and oxygen atoms in total. The van der Waals surface area contributed by atoms with Crippen LogP contribution < -0.4 is 11.1 Å². The van der Waals surface area contributed by atoms with E-state index in [0.29, 0.717) is 17.3 Å². The lowest BCUT2D eigenvalue weighted by molar-refractivity contribution is 0.0602. The maximum atomic E-state index is 11.6. The zero-order valence-corrected chi connectivity index (χ0v) is 12.3. The fourth-order valence-electron chi connectivity index (χ4n) is 2.25. The highest BCUT2D eigenvalue weighted by atomic mass is 16.5. The van der Waals surface area contributed by atoms with Gasteiger partial charge in [-0.15, -0.1) is 0 Å². The highest BCUT2D eigenvalue weighted by Crippen LogP contribution is 2.28. The normalized spacial score (nSPS) is 16.0. The molecule has 0 bridgehead atoms. The van der Waals surface area contributed by atoms with Gasteiger partial charge in [0.05, 0.1) is 24.0 Å². The molecular formula is C15H23N3O2. The van der Waals surface area contributed by atoms with E-state index >= 15 is 0 Å². The minimum atomic E-state index is -0.408. The van der Waals surface area contributed by atoms with Gasteiger partial charge in [0.1, 0.15) is 0 Å². The van der Waals surface area contributed by atoms with E-state index in [4.69, 9.17) is 10.5 Å². The number of methoxy groups -OCH3 is 1. The summed E-state index contributed by atoms with van der Waals surface area (Å²) in [4.78, 5) is 14.0. The van der Waals surface area contributed by atoms with Crippen molar-refractivity contribution in [3.63, 3.8) is 0 Å². The van der Waals surface area contributed by atoms with Crippen LogP contribution in [0.15, 0.2) is 18.2 Å². The van der Waals surface area contributed by atoms with Crippen molar-refractivity contribution in [2.75, 3.05) is 31.8 Å². The van der Waals surface area contributed by atoms with Crippen LogP contribution in [-0.2, 0) is 4.74 Å². The monoisotopic (exact) mass is 277 g/mol. The van der Waals surface area contributed by atoms with Crippen LogP contribution in [0.25, 0.3) is 0 Å². The third kappa shape index (κ3) is 3.22. The molecule has 0 radical (unpaired) electrons. The minimum Gasteiger partial charge on any atom is -0.465 e. The van der Waals surface area contributed by atoms with Gasteiger partial charge in [-0.1, -0.05) is 6.07 Å². The fourth-order valence-corrected chi connectivity index (χ4v) is 2.25. The number of esters is 1. The van der Waals surface area contributed by atoms with Crippen LogP contribution in [-0.4, -0.2) is 43.7 Å². The molecule has 5 heteroatoms. The molecule has 0 spiro atoms. The number of carbonyl (C=O) groups excluding carboxylic acids is 1. The predicted molar refractivity (Wildman–Crippen MR) is 80.9 cm³/mol. The van der Waals surface area contributed by atoms with Crippen LogP contribution in [0.4, 0.5) is 11.4 Å². The van der Waals surface area contributed by atoms with Crippen LogP contribution in [0.5, 0.6) is 0 Å². The molecule has 0 saturated heterocycles. The second-order valence-corrected chi connectivity index (χ2v) is 5.38. The lowest BCUT2D eigenvalue weighted by Crippen LogP contribution is -2.36. The summed E-state index contributed by atoms with van der Waals surface area (Å²) in [5.41, 5.74) is 7.65. The molecule has 1 aliphatic rings. The summed E-state index contributed by atoms with van der Waals surface area (Å²) in [5.74, 6) is -0.408. The number of hydrogen-bond donors (Lipinski definition) is 2. The summed E-state index contributed by atoms with van der Waals surface area (Å²) in [6.07, 6.45) is 2.58. The van der Waals surface area contributed by atoms with Crippen molar-refractivity contribution in [3.8, 4) is 0 Å². The van der Waals surface area contributed by atoms with Crippen LogP contribution in [0, 0.1) is 0 Å². The quantitative estimate of drug-likeness (QED) is 0.614. The standard InChI is InChI=1S/C15H23N3O2/c1-10(18(2)11-7-8-11)9-17-13-6-4-5-12(14(13)16)15(19)20-3/h4-6,10-11,17H,7-9,16H2,1-3H3. The summed E-state index contributed by atoms with van der Waals surface area (Å²) < 4.78 is 4.72. The Labute approximate surface area is 120 Å². The number of para-hydroxylation sites is 1. The first-order chi connectivity index (χ1) is 9.54. The SMILES string of the molecule is COC(=O)c1cccc(NCC(C)N(C)C2CC2)c1N. The maximum Gasteiger partial charge on any atom is 0.340 e. The lowest BCUT2D eigenvalue weighted by Gasteiger charge is -2.25. The molecule has 1 atom stereocenters. The fraction of sp³-hybridized carbons (Fsp3) is 0.533. The number of rotatable bonds is 6. The summed E-state index contributed by atoms with van der Waals surface area (Å²) in [5, 5.41) is 3.32. The van der Waals surface area contributed by atoms with Gasteiger partial charge in [-0.2, -0.15) is 0 Å². The van der Waals surface area contributed by atoms with Crippen molar-refractivity contribution in [2.45, 2.75) is 31.8 Å². The minimum absolute atomic E-state index is 0.403. The Morgan fingerprint density at radius 1 is 1.55 bits per heavy atom. The first-order valence-electron chi connectivity index (χ1n) is 6.97. The predicted octanol–water partition coefficient (Wildman–Crippen LogP) is 1.95. The van der Waals surface area contributed by atoms with Gasteiger partial charge < -0.3 is 15.8 Å². The van der Waals surface area contributed by atoms with Gasteiger partial charge in [0.2, 0.25) is 0 Å². The van der Waals surface area contributed by atoms with E-state index in [-0.39, 0.29) is 0 Å². The molecule has 0 aliphatic heterocycles. The van der Waals surface area contributed by atoms with Gasteiger partial charge in [-0.05, 0) is 38.9 Å². The third-order valence-corrected chi connectivity index (χ3v) is 3.92. The Bertz CT molecular complexity index is 486. The number of anilines is 2. The average molecular weight is 277 g/mol. The van der Waals surface area contributed by atoms with Gasteiger partial charge in [0.25, 0.3) is 0 Å². The average Bonchev–Trinajstić information content (AvgIpc) is 3.28. The number of nitrogen functional groups attached to an aromatic ring is 1. The number of likely N-dealkylation sites (N-methyl/N-ethyl adjacent to an activating group) is 1. The van der Waals surface area contributed by atoms with E-state index < -0.39 is 5.97 Å². The molecule has 20 heavy (non-hydrogen) atoms. The van der Waals surface area contributed by atoms with Crippen molar-refractivity contribution in [3.05, 3.63) is 23.8 Å². The summed E-state index contributed by atoms with van der Waals surface area (Å²) >= 11 is 0. The van der Waals surface area contributed by atoms with E-state index in [1.165, 1.54) is 20.0 Å². The van der Waals surface area contributed by atoms with Gasteiger partial charge in [-0.25, -0.2) is 4.79 Å². The molecule has 110 valence electrons. The Hall–Kier alpha value is -1.75. The van der Waals surface area contributed by atoms with Crippen LogP contribution >= 0.6 is 0 Å². The first-order valence-corrected chi connectivity index (χ1v) is 6.97. The second kappa shape index (κ2) is 6.13. The molecule has 1 aromatic carbocycles. The van der Waals surface area contributed by atoms with E-state index in [1.807, 2.05) is 6.07 Å². The van der Waals surface area contributed by atoms with E-state index in [9.17, 15) is 4.79 Å². The van der Waals surface area contributed by atoms with Crippen molar-refractivity contribution in [1.29, 1.82) is 0 Å². The Morgan fingerprint density at radius 2 is 2.25 bits per heavy atom. The van der Waals surface area contributed by atoms with Crippen molar-refractivity contribution in [1.82, 2.24) is 4.90 Å². The molecule has 2 rings (SSSR count). The highest BCUT2D eigenvalue weighted by molar-refractivity contribution is 5.98. The maximum absolute atomic E-state index is 11.6. The Balaban J connectivity index is 2.00. The van der Waals surface area contributed by atoms with Crippen molar-refractivity contribution in [2.24, 2.45) is 0 Å². The second-order valence-electron chi connectivity index (χ2n) is 5.38. The number of carbonyl (C=O) groups is 1. The van der Waals surface area contributed by atoms with Crippen LogP contribution in [0.2, 0.25) is 0 Å². The van der Waals surface area contributed by atoms with Gasteiger partial charge >= 0.3 is 5.97 Å². The molecule has 1 aliphatic carbocycles. The molecule has 0 amide bonds. The van der Waals surface area contributed by atoms with Gasteiger partial charge in [0, 0.05) is 18.6 Å². The number of nitrogens with two attached hydrogens (primary N) is 1.